The van der Waals surface area contributed by atoms with Crippen LogP contribution in [0.1, 0.15) is 5.69 Å². The number of nitrogens with one attached hydrogen (secondary N) is 1. The quantitative estimate of drug-likeness (QED) is 0.576. The lowest BCUT2D eigenvalue weighted by atomic mass is 10.3. The van der Waals surface area contributed by atoms with Crippen molar-refractivity contribution in [1.29, 1.82) is 0 Å². The molecule has 0 amide bonds. The van der Waals surface area contributed by atoms with Gasteiger partial charge in [0.2, 0.25) is 0 Å². The number of benzene rings is 2. The minimum Gasteiger partial charge on any atom is -0.277 e. The van der Waals surface area contributed by atoms with E-state index >= 15 is 0 Å². The van der Waals surface area contributed by atoms with Gasteiger partial charge < -0.3 is 0 Å². The summed E-state index contributed by atoms with van der Waals surface area (Å²) in [7, 11) is 0. The minimum absolute atomic E-state index is 0.304. The van der Waals surface area contributed by atoms with Gasteiger partial charge in [0.05, 0.1) is 28.0 Å². The summed E-state index contributed by atoms with van der Waals surface area (Å²) in [5.74, 6) is 0. The van der Waals surface area contributed by atoms with Crippen molar-refractivity contribution in [3.8, 4) is 0 Å². The van der Waals surface area contributed by atoms with Gasteiger partial charge in [-0.05, 0) is 24.3 Å². The van der Waals surface area contributed by atoms with Crippen LogP contribution in [0.2, 0.25) is 10.2 Å². The maximum absolute atomic E-state index is 6.10. The molecule has 0 saturated heterocycles. The highest BCUT2D eigenvalue weighted by molar-refractivity contribution is 6.33. The molecule has 0 unspecified atom stereocenters. The average Bonchev–Trinajstić information content (AvgIpc) is 2.49. The van der Waals surface area contributed by atoms with Crippen LogP contribution < -0.4 is 5.43 Å². The zero-order valence-electron chi connectivity index (χ0n) is 10.8. The largest absolute Gasteiger partial charge is 0.277 e. The predicted molar refractivity (Wildman–Crippen MR) is 87.2 cm³/mol. The number of anilines is 1. The van der Waals surface area contributed by atoms with E-state index < -0.39 is 0 Å². The maximum Gasteiger partial charge on any atom is 0.157 e. The second kappa shape index (κ2) is 6.08. The number of fused-ring (bicyclic) bond motifs is 1. The van der Waals surface area contributed by atoms with Crippen molar-refractivity contribution in [3.63, 3.8) is 0 Å². The summed E-state index contributed by atoms with van der Waals surface area (Å²) in [6.45, 7) is 0. The second-order valence-corrected chi connectivity index (χ2v) is 5.00. The van der Waals surface area contributed by atoms with E-state index in [0.29, 0.717) is 21.6 Å². The summed E-state index contributed by atoms with van der Waals surface area (Å²) in [6.07, 6.45) is 1.52. The number of nitrogens with zero attached hydrogens (tertiary/aromatic N) is 3. The summed E-state index contributed by atoms with van der Waals surface area (Å²) < 4.78 is 0. The van der Waals surface area contributed by atoms with E-state index in [1.807, 2.05) is 42.5 Å². The van der Waals surface area contributed by atoms with E-state index in [1.165, 1.54) is 6.21 Å². The maximum atomic E-state index is 6.10. The highest BCUT2D eigenvalue weighted by atomic mass is 35.5. The van der Waals surface area contributed by atoms with Crippen LogP contribution in [-0.4, -0.2) is 16.2 Å². The highest BCUT2D eigenvalue weighted by Gasteiger charge is 2.04. The molecule has 104 valence electrons. The number of aromatic nitrogens is 2. The van der Waals surface area contributed by atoms with Crippen LogP contribution in [0.25, 0.3) is 11.0 Å². The molecule has 6 heteroatoms. The SMILES string of the molecule is Clc1ccccc1N/N=C/c1nc2ccccc2nc1Cl. The molecule has 4 nitrogen and oxygen atoms in total. The lowest BCUT2D eigenvalue weighted by Crippen LogP contribution is -1.97. The van der Waals surface area contributed by atoms with Gasteiger partial charge in [0.15, 0.2) is 5.15 Å². The number of hydrazone groups is 1. The summed E-state index contributed by atoms with van der Waals surface area (Å²) in [5, 5.41) is 4.99. The van der Waals surface area contributed by atoms with Gasteiger partial charge in [-0.1, -0.05) is 47.5 Å². The van der Waals surface area contributed by atoms with Crippen molar-refractivity contribution in [2.24, 2.45) is 5.10 Å². The van der Waals surface area contributed by atoms with E-state index in [0.717, 1.165) is 11.0 Å². The lowest BCUT2D eigenvalue weighted by Gasteiger charge is -2.03. The molecular formula is C15H10Cl2N4. The molecule has 21 heavy (non-hydrogen) atoms. The molecule has 1 N–H and O–H groups in total. The van der Waals surface area contributed by atoms with E-state index in [4.69, 9.17) is 23.2 Å². The van der Waals surface area contributed by atoms with Crippen molar-refractivity contribution >= 4 is 46.1 Å². The fourth-order valence-electron chi connectivity index (χ4n) is 1.79. The Kier molecular flexibility index (Phi) is 3.99. The third-order valence-corrected chi connectivity index (χ3v) is 3.41. The van der Waals surface area contributed by atoms with E-state index in [2.05, 4.69) is 20.5 Å². The van der Waals surface area contributed by atoms with Gasteiger partial charge >= 0.3 is 0 Å². The van der Waals surface area contributed by atoms with Gasteiger partial charge in [-0.25, -0.2) is 9.97 Å². The Morgan fingerprint density at radius 2 is 1.57 bits per heavy atom. The summed E-state index contributed by atoms with van der Waals surface area (Å²) in [4.78, 5) is 8.69. The standard InChI is InChI=1S/C15H10Cl2N4/c16-10-5-1-2-6-11(10)21-18-9-14-15(17)20-13-8-4-3-7-12(13)19-14/h1-9,21H/b18-9+. The molecule has 0 aliphatic heterocycles. The number of hydrogen-bond acceptors (Lipinski definition) is 4. The minimum atomic E-state index is 0.304. The molecule has 2 aromatic carbocycles. The van der Waals surface area contributed by atoms with Crippen molar-refractivity contribution in [2.75, 3.05) is 5.43 Å². The van der Waals surface area contributed by atoms with Gasteiger partial charge in [-0.3, -0.25) is 5.43 Å². The predicted octanol–water partition coefficient (Wildman–Crippen LogP) is 4.38. The van der Waals surface area contributed by atoms with E-state index in [9.17, 15) is 0 Å². The molecule has 3 aromatic rings. The Hall–Kier alpha value is -2.17. The van der Waals surface area contributed by atoms with Gasteiger partial charge in [0.25, 0.3) is 0 Å². The molecular weight excluding hydrogens is 307 g/mol. The third kappa shape index (κ3) is 3.12. The first-order chi connectivity index (χ1) is 10.2. The smallest absolute Gasteiger partial charge is 0.157 e. The van der Waals surface area contributed by atoms with Crippen molar-refractivity contribution in [3.05, 3.63) is 64.4 Å². The Bertz CT molecular complexity index is 818. The first kappa shape index (κ1) is 13.8. The van der Waals surface area contributed by atoms with Crippen LogP contribution >= 0.6 is 23.2 Å². The molecule has 0 atom stereocenters. The fourth-order valence-corrected chi connectivity index (χ4v) is 2.15. The number of rotatable bonds is 3. The normalized spacial score (nSPS) is 11.1. The summed E-state index contributed by atoms with van der Waals surface area (Å²) >= 11 is 12.1. The van der Waals surface area contributed by atoms with Crippen molar-refractivity contribution in [1.82, 2.24) is 9.97 Å². The Morgan fingerprint density at radius 3 is 2.33 bits per heavy atom. The van der Waals surface area contributed by atoms with Crippen LogP contribution in [0.15, 0.2) is 53.6 Å². The van der Waals surface area contributed by atoms with Gasteiger partial charge in [0.1, 0.15) is 5.69 Å². The zero-order chi connectivity index (χ0) is 14.7. The van der Waals surface area contributed by atoms with Crippen molar-refractivity contribution in [2.45, 2.75) is 0 Å². The molecule has 0 spiro atoms. The first-order valence-electron chi connectivity index (χ1n) is 6.20. The number of halogens is 2. The monoisotopic (exact) mass is 316 g/mol. The topological polar surface area (TPSA) is 50.2 Å². The summed E-state index contributed by atoms with van der Waals surface area (Å²) in [6, 6.07) is 14.8. The fraction of sp³-hybridized carbons (Fsp3) is 0. The summed E-state index contributed by atoms with van der Waals surface area (Å²) in [5.41, 5.74) is 5.57. The number of para-hydroxylation sites is 3. The molecule has 0 bridgehead atoms. The number of hydrogen-bond donors (Lipinski definition) is 1. The molecule has 1 heterocycles. The molecule has 1 aromatic heterocycles. The molecule has 0 aliphatic rings. The average molecular weight is 317 g/mol. The first-order valence-corrected chi connectivity index (χ1v) is 6.95. The van der Waals surface area contributed by atoms with E-state index in [1.54, 1.807) is 6.07 Å². The lowest BCUT2D eigenvalue weighted by molar-refractivity contribution is 1.26. The zero-order valence-corrected chi connectivity index (χ0v) is 12.3. The Balaban J connectivity index is 1.86. The molecule has 0 radical (unpaired) electrons. The molecule has 0 fully saturated rings. The molecule has 0 aliphatic carbocycles. The van der Waals surface area contributed by atoms with Crippen molar-refractivity contribution < 1.29 is 0 Å². The van der Waals surface area contributed by atoms with Crippen LogP contribution in [0.5, 0.6) is 0 Å². The Morgan fingerprint density at radius 1 is 0.905 bits per heavy atom. The van der Waals surface area contributed by atoms with Gasteiger partial charge in [-0.2, -0.15) is 5.10 Å². The second-order valence-electron chi connectivity index (χ2n) is 4.24. The van der Waals surface area contributed by atoms with Crippen LogP contribution in [0.3, 0.4) is 0 Å². The highest BCUT2D eigenvalue weighted by Crippen LogP contribution is 2.20. The van der Waals surface area contributed by atoms with Gasteiger partial charge in [0, 0.05) is 0 Å². The third-order valence-electron chi connectivity index (χ3n) is 2.80. The van der Waals surface area contributed by atoms with Gasteiger partial charge in [-0.15, -0.1) is 0 Å². The van der Waals surface area contributed by atoms with E-state index in [-0.39, 0.29) is 0 Å². The molecule has 3 rings (SSSR count). The van der Waals surface area contributed by atoms with Crippen LogP contribution in [-0.2, 0) is 0 Å². The van der Waals surface area contributed by atoms with Crippen LogP contribution in [0, 0.1) is 0 Å². The van der Waals surface area contributed by atoms with Crippen LogP contribution in [0.4, 0.5) is 5.69 Å². The molecule has 0 saturated carbocycles. The Labute approximate surface area is 131 Å².